The summed E-state index contributed by atoms with van der Waals surface area (Å²) in [5.74, 6) is 1.67. The van der Waals surface area contributed by atoms with E-state index in [0.29, 0.717) is 5.92 Å². The second kappa shape index (κ2) is 9.63. The van der Waals surface area contributed by atoms with Crippen LogP contribution in [0.3, 0.4) is 0 Å². The summed E-state index contributed by atoms with van der Waals surface area (Å²) in [5.41, 5.74) is 2.73. The molecule has 0 radical (unpaired) electrons. The molecule has 3 nitrogen and oxygen atoms in total. The van der Waals surface area contributed by atoms with E-state index >= 15 is 0 Å². The number of hydrogen-bond acceptors (Lipinski definition) is 3. The molecule has 1 saturated heterocycles. The molecule has 1 aliphatic rings. The number of benzene rings is 2. The Morgan fingerprint density at radius 3 is 2.35 bits per heavy atom. The average molecular weight is 353 g/mol. The van der Waals surface area contributed by atoms with E-state index in [4.69, 9.17) is 4.74 Å². The van der Waals surface area contributed by atoms with Crippen molar-refractivity contribution in [2.24, 2.45) is 5.92 Å². The van der Waals surface area contributed by atoms with Gasteiger partial charge in [0.1, 0.15) is 5.75 Å². The molecular weight excluding hydrogens is 320 g/mol. The van der Waals surface area contributed by atoms with Crippen molar-refractivity contribution >= 4 is 5.69 Å². The van der Waals surface area contributed by atoms with Crippen molar-refractivity contribution in [3.63, 3.8) is 0 Å². The van der Waals surface area contributed by atoms with E-state index in [9.17, 15) is 0 Å². The third-order valence-electron chi connectivity index (χ3n) is 5.28. The Labute approximate surface area is 158 Å². The molecule has 1 fully saturated rings. The lowest BCUT2D eigenvalue weighted by Gasteiger charge is -2.32. The van der Waals surface area contributed by atoms with Gasteiger partial charge in [0, 0.05) is 25.8 Å². The molecule has 0 aliphatic carbocycles. The molecule has 26 heavy (non-hydrogen) atoms. The molecule has 0 saturated carbocycles. The number of ether oxygens (including phenoxy) is 1. The molecule has 0 aromatic heterocycles. The summed E-state index contributed by atoms with van der Waals surface area (Å²) in [6.07, 6.45) is 3.63. The molecule has 0 N–H and O–H groups in total. The second-order valence-electron chi connectivity index (χ2n) is 7.43. The highest BCUT2D eigenvalue weighted by Crippen LogP contribution is 2.22. The van der Waals surface area contributed by atoms with E-state index in [0.717, 1.165) is 25.4 Å². The molecule has 3 heteroatoms. The Morgan fingerprint density at radius 1 is 1.00 bits per heavy atom. The third kappa shape index (κ3) is 5.50. The maximum atomic E-state index is 5.93. The maximum Gasteiger partial charge on any atom is 0.119 e. The van der Waals surface area contributed by atoms with Crippen LogP contribution in [0.1, 0.15) is 31.7 Å². The zero-order valence-corrected chi connectivity index (χ0v) is 16.2. The van der Waals surface area contributed by atoms with Gasteiger partial charge < -0.3 is 9.64 Å². The number of nitrogens with zero attached hydrogens (tertiary/aromatic N) is 2. The smallest absolute Gasteiger partial charge is 0.119 e. The van der Waals surface area contributed by atoms with Gasteiger partial charge in [-0.2, -0.15) is 0 Å². The molecular formula is C23H32N2O. The fourth-order valence-corrected chi connectivity index (χ4v) is 3.62. The van der Waals surface area contributed by atoms with Crippen LogP contribution >= 0.6 is 0 Å². The summed E-state index contributed by atoms with van der Waals surface area (Å²) >= 11 is 0. The van der Waals surface area contributed by atoms with Gasteiger partial charge in [-0.25, -0.2) is 0 Å². The first-order valence-electron chi connectivity index (χ1n) is 9.95. The average Bonchev–Trinajstić information content (AvgIpc) is 2.69. The first-order valence-corrected chi connectivity index (χ1v) is 9.95. The molecule has 0 atom stereocenters. The molecule has 2 aromatic carbocycles. The van der Waals surface area contributed by atoms with Gasteiger partial charge in [0.05, 0.1) is 6.61 Å². The minimum atomic E-state index is 0.677. The Morgan fingerprint density at radius 2 is 1.69 bits per heavy atom. The van der Waals surface area contributed by atoms with Gasteiger partial charge in [-0.05, 0) is 68.1 Å². The highest BCUT2D eigenvalue weighted by molar-refractivity contribution is 5.46. The van der Waals surface area contributed by atoms with E-state index in [2.05, 4.69) is 48.0 Å². The Kier molecular flexibility index (Phi) is 6.96. The molecule has 0 unspecified atom stereocenters. The van der Waals surface area contributed by atoms with E-state index in [1.165, 1.54) is 43.6 Å². The van der Waals surface area contributed by atoms with Gasteiger partial charge in [0.2, 0.25) is 0 Å². The van der Waals surface area contributed by atoms with Gasteiger partial charge in [0.15, 0.2) is 0 Å². The first-order chi connectivity index (χ1) is 12.7. The predicted octanol–water partition coefficient (Wildman–Crippen LogP) is 4.82. The minimum Gasteiger partial charge on any atom is -0.493 e. The number of para-hydroxylation sites is 1. The van der Waals surface area contributed by atoms with Crippen LogP contribution in [0.5, 0.6) is 5.75 Å². The monoisotopic (exact) mass is 352 g/mol. The molecule has 3 rings (SSSR count). The van der Waals surface area contributed by atoms with Crippen LogP contribution in [-0.2, 0) is 6.54 Å². The SMILES string of the molecule is CCCN(C)c1ccc(CN2CCC(COc3ccccc3)CC2)cc1. The topological polar surface area (TPSA) is 15.7 Å². The van der Waals surface area contributed by atoms with E-state index in [-0.39, 0.29) is 0 Å². The van der Waals surface area contributed by atoms with E-state index in [1.54, 1.807) is 0 Å². The van der Waals surface area contributed by atoms with Crippen molar-refractivity contribution in [3.05, 3.63) is 60.2 Å². The minimum absolute atomic E-state index is 0.677. The lowest BCUT2D eigenvalue weighted by molar-refractivity contribution is 0.137. The molecule has 0 bridgehead atoms. The summed E-state index contributed by atoms with van der Waals surface area (Å²) in [6, 6.07) is 19.2. The van der Waals surface area contributed by atoms with Crippen molar-refractivity contribution < 1.29 is 4.74 Å². The summed E-state index contributed by atoms with van der Waals surface area (Å²) in [5, 5.41) is 0. The van der Waals surface area contributed by atoms with Crippen LogP contribution in [0.4, 0.5) is 5.69 Å². The fourth-order valence-electron chi connectivity index (χ4n) is 3.62. The standard InChI is InChI=1S/C23H32N2O/c1-3-15-24(2)22-11-9-20(10-12-22)18-25-16-13-21(14-17-25)19-26-23-7-5-4-6-8-23/h4-12,21H,3,13-19H2,1-2H3. The number of rotatable bonds is 8. The lowest BCUT2D eigenvalue weighted by Crippen LogP contribution is -2.35. The molecule has 1 aliphatic heterocycles. The Bertz CT molecular complexity index is 633. The van der Waals surface area contributed by atoms with Crippen molar-refractivity contribution in [1.29, 1.82) is 0 Å². The van der Waals surface area contributed by atoms with Gasteiger partial charge >= 0.3 is 0 Å². The molecule has 0 spiro atoms. The largest absolute Gasteiger partial charge is 0.493 e. The molecule has 0 amide bonds. The molecule has 140 valence electrons. The lowest BCUT2D eigenvalue weighted by atomic mass is 9.97. The van der Waals surface area contributed by atoms with Crippen LogP contribution < -0.4 is 9.64 Å². The first kappa shape index (κ1) is 18.8. The van der Waals surface area contributed by atoms with Crippen LogP contribution in [-0.4, -0.2) is 38.2 Å². The highest BCUT2D eigenvalue weighted by atomic mass is 16.5. The second-order valence-corrected chi connectivity index (χ2v) is 7.43. The van der Waals surface area contributed by atoms with Crippen molar-refractivity contribution in [2.75, 3.05) is 38.2 Å². The van der Waals surface area contributed by atoms with Crippen molar-refractivity contribution in [3.8, 4) is 5.75 Å². The normalized spacial score (nSPS) is 15.8. The number of anilines is 1. The van der Waals surface area contributed by atoms with Gasteiger partial charge in [0.25, 0.3) is 0 Å². The van der Waals surface area contributed by atoms with E-state index < -0.39 is 0 Å². The number of hydrogen-bond donors (Lipinski definition) is 0. The van der Waals surface area contributed by atoms with Gasteiger partial charge in [-0.1, -0.05) is 37.3 Å². The van der Waals surface area contributed by atoms with Crippen LogP contribution in [0.15, 0.2) is 54.6 Å². The zero-order valence-electron chi connectivity index (χ0n) is 16.2. The van der Waals surface area contributed by atoms with Crippen molar-refractivity contribution in [2.45, 2.75) is 32.7 Å². The third-order valence-corrected chi connectivity index (χ3v) is 5.28. The van der Waals surface area contributed by atoms with Crippen LogP contribution in [0.25, 0.3) is 0 Å². The fraction of sp³-hybridized carbons (Fsp3) is 0.478. The quantitative estimate of drug-likeness (QED) is 0.677. The summed E-state index contributed by atoms with van der Waals surface area (Å²) in [7, 11) is 2.17. The van der Waals surface area contributed by atoms with Gasteiger partial charge in [-0.15, -0.1) is 0 Å². The zero-order chi connectivity index (χ0) is 18.2. The van der Waals surface area contributed by atoms with E-state index in [1.807, 2.05) is 30.3 Å². The van der Waals surface area contributed by atoms with Gasteiger partial charge in [-0.3, -0.25) is 4.90 Å². The number of piperidine rings is 1. The number of likely N-dealkylation sites (tertiary alicyclic amines) is 1. The Balaban J connectivity index is 1.41. The van der Waals surface area contributed by atoms with Crippen LogP contribution in [0.2, 0.25) is 0 Å². The maximum absolute atomic E-state index is 5.93. The summed E-state index contributed by atoms with van der Waals surface area (Å²) in [4.78, 5) is 4.89. The highest BCUT2D eigenvalue weighted by Gasteiger charge is 2.19. The molecule has 1 heterocycles. The summed E-state index contributed by atoms with van der Waals surface area (Å²) < 4.78 is 5.93. The van der Waals surface area contributed by atoms with Crippen molar-refractivity contribution in [1.82, 2.24) is 4.90 Å². The Hall–Kier alpha value is -2.00. The van der Waals surface area contributed by atoms with Crippen LogP contribution in [0, 0.1) is 5.92 Å². The molecule has 2 aromatic rings. The summed E-state index contributed by atoms with van der Waals surface area (Å²) in [6.45, 7) is 7.57. The predicted molar refractivity (Wildman–Crippen MR) is 110 cm³/mol.